The Kier molecular flexibility index (Phi) is 4.09. The van der Waals surface area contributed by atoms with Crippen molar-refractivity contribution >= 4 is 0 Å². The van der Waals surface area contributed by atoms with E-state index in [-0.39, 0.29) is 4.92 Å². The first-order valence-corrected chi connectivity index (χ1v) is 6.19. The van der Waals surface area contributed by atoms with Gasteiger partial charge in [-0.05, 0) is 25.8 Å². The summed E-state index contributed by atoms with van der Waals surface area (Å²) < 4.78 is 0. The molecule has 1 saturated heterocycles. The predicted molar refractivity (Wildman–Crippen MR) is 66.4 cm³/mol. The molecule has 2 atom stereocenters. The van der Waals surface area contributed by atoms with E-state index in [9.17, 15) is 10.1 Å². The molecule has 92 valence electrons. The second kappa shape index (κ2) is 5.77. The fourth-order valence-corrected chi connectivity index (χ4v) is 2.43. The molecule has 2 rings (SSSR count). The van der Waals surface area contributed by atoms with Gasteiger partial charge in [-0.15, -0.1) is 0 Å². The molecule has 0 amide bonds. The summed E-state index contributed by atoms with van der Waals surface area (Å²) in [7, 11) is 0. The molecule has 1 aliphatic heterocycles. The second-order valence-corrected chi connectivity index (χ2v) is 4.58. The summed E-state index contributed by atoms with van der Waals surface area (Å²) in [5.74, 6) is 0. The maximum atomic E-state index is 11.1. The molecule has 4 heteroatoms. The highest BCUT2D eigenvalue weighted by atomic mass is 16.6. The van der Waals surface area contributed by atoms with E-state index in [1.54, 1.807) is 0 Å². The number of nitrogens with zero attached hydrogens (tertiary/aromatic N) is 1. The molecule has 0 spiro atoms. The highest BCUT2D eigenvalue weighted by Gasteiger charge is 2.24. The van der Waals surface area contributed by atoms with E-state index in [2.05, 4.69) is 5.32 Å². The summed E-state index contributed by atoms with van der Waals surface area (Å²) in [5, 5.41) is 14.5. The van der Waals surface area contributed by atoms with Crippen LogP contribution in [0.2, 0.25) is 0 Å². The van der Waals surface area contributed by atoms with Crippen molar-refractivity contribution in [2.45, 2.75) is 37.8 Å². The van der Waals surface area contributed by atoms with Gasteiger partial charge in [0, 0.05) is 22.9 Å². The van der Waals surface area contributed by atoms with Crippen LogP contribution < -0.4 is 5.32 Å². The van der Waals surface area contributed by atoms with E-state index in [0.29, 0.717) is 12.5 Å². The molecule has 1 aromatic rings. The number of nitro groups is 1. The van der Waals surface area contributed by atoms with Crippen LogP contribution in [-0.4, -0.2) is 17.5 Å². The zero-order chi connectivity index (χ0) is 12.1. The third-order valence-electron chi connectivity index (χ3n) is 3.39. The van der Waals surface area contributed by atoms with Gasteiger partial charge < -0.3 is 5.32 Å². The van der Waals surface area contributed by atoms with Crippen LogP contribution in [0.5, 0.6) is 0 Å². The van der Waals surface area contributed by atoms with Gasteiger partial charge in [-0.1, -0.05) is 30.3 Å². The molecular weight excluding hydrogens is 216 g/mol. The standard InChI is InChI=1S/C13H18N2O2/c16-15(17)13(11-5-2-1-3-6-11)9-8-12-7-4-10-14-12/h1-3,5-6,12-14H,4,7-10H2/t12-,13+/m1/s1. The molecule has 1 aromatic carbocycles. The molecule has 0 bridgehead atoms. The monoisotopic (exact) mass is 234 g/mol. The maximum Gasteiger partial charge on any atom is 0.238 e. The number of hydrogen-bond donors (Lipinski definition) is 1. The molecule has 17 heavy (non-hydrogen) atoms. The highest BCUT2D eigenvalue weighted by molar-refractivity contribution is 5.17. The summed E-state index contributed by atoms with van der Waals surface area (Å²) in [6.07, 6.45) is 3.85. The van der Waals surface area contributed by atoms with Gasteiger partial charge in [0.15, 0.2) is 0 Å². The summed E-state index contributed by atoms with van der Waals surface area (Å²) in [4.78, 5) is 10.9. The van der Waals surface area contributed by atoms with Gasteiger partial charge in [0.25, 0.3) is 0 Å². The SMILES string of the molecule is O=[N+]([O-])[C@@H](CC[C@H]1CCCN1)c1ccccc1. The van der Waals surface area contributed by atoms with E-state index in [0.717, 1.165) is 24.9 Å². The lowest BCUT2D eigenvalue weighted by atomic mass is 9.99. The van der Waals surface area contributed by atoms with Crippen molar-refractivity contribution in [2.24, 2.45) is 0 Å². The second-order valence-electron chi connectivity index (χ2n) is 4.58. The Morgan fingerprint density at radius 3 is 2.76 bits per heavy atom. The molecule has 0 saturated carbocycles. The lowest BCUT2D eigenvalue weighted by Crippen LogP contribution is -2.23. The number of nitrogens with one attached hydrogen (secondary N) is 1. The smallest absolute Gasteiger partial charge is 0.238 e. The van der Waals surface area contributed by atoms with Gasteiger partial charge in [0.05, 0.1) is 0 Å². The Labute approximate surface area is 101 Å². The molecular formula is C13H18N2O2. The van der Waals surface area contributed by atoms with E-state index in [1.165, 1.54) is 6.42 Å². The molecule has 4 nitrogen and oxygen atoms in total. The van der Waals surface area contributed by atoms with E-state index >= 15 is 0 Å². The molecule has 0 aromatic heterocycles. The first-order valence-electron chi connectivity index (χ1n) is 6.19. The van der Waals surface area contributed by atoms with Gasteiger partial charge in [0.2, 0.25) is 6.04 Å². The minimum Gasteiger partial charge on any atom is -0.314 e. The Hall–Kier alpha value is -1.42. The third-order valence-corrected chi connectivity index (χ3v) is 3.39. The van der Waals surface area contributed by atoms with Gasteiger partial charge in [0.1, 0.15) is 0 Å². The number of hydrogen-bond acceptors (Lipinski definition) is 3. The normalized spacial score (nSPS) is 21.3. The van der Waals surface area contributed by atoms with Gasteiger partial charge in [-0.3, -0.25) is 10.1 Å². The van der Waals surface area contributed by atoms with E-state index in [4.69, 9.17) is 0 Å². The molecule has 0 radical (unpaired) electrons. The summed E-state index contributed by atoms with van der Waals surface area (Å²) in [6.45, 7) is 1.05. The van der Waals surface area contributed by atoms with Crippen LogP contribution in [-0.2, 0) is 0 Å². The van der Waals surface area contributed by atoms with Crippen molar-refractivity contribution in [3.05, 3.63) is 46.0 Å². The molecule has 1 N–H and O–H groups in total. The highest BCUT2D eigenvalue weighted by Crippen LogP contribution is 2.24. The summed E-state index contributed by atoms with van der Waals surface area (Å²) >= 11 is 0. The van der Waals surface area contributed by atoms with Crippen LogP contribution in [0.1, 0.15) is 37.3 Å². The Morgan fingerprint density at radius 1 is 1.41 bits per heavy atom. The molecule has 1 fully saturated rings. The largest absolute Gasteiger partial charge is 0.314 e. The van der Waals surface area contributed by atoms with Crippen LogP contribution in [0.4, 0.5) is 0 Å². The van der Waals surface area contributed by atoms with Crippen LogP contribution in [0, 0.1) is 10.1 Å². The Balaban J connectivity index is 1.95. The Morgan fingerprint density at radius 2 is 2.18 bits per heavy atom. The zero-order valence-electron chi connectivity index (χ0n) is 9.84. The Bertz CT molecular complexity index is 361. The topological polar surface area (TPSA) is 55.2 Å². The maximum absolute atomic E-state index is 11.1. The molecule has 1 heterocycles. The van der Waals surface area contributed by atoms with Crippen molar-refractivity contribution in [1.82, 2.24) is 5.32 Å². The van der Waals surface area contributed by atoms with Gasteiger partial charge >= 0.3 is 0 Å². The predicted octanol–water partition coefficient (Wildman–Crippen LogP) is 2.54. The van der Waals surface area contributed by atoms with Crippen molar-refractivity contribution in [1.29, 1.82) is 0 Å². The minimum atomic E-state index is -0.557. The van der Waals surface area contributed by atoms with Crippen LogP contribution in [0.15, 0.2) is 30.3 Å². The van der Waals surface area contributed by atoms with Crippen LogP contribution in [0.25, 0.3) is 0 Å². The lowest BCUT2D eigenvalue weighted by Gasteiger charge is -2.13. The zero-order valence-corrected chi connectivity index (χ0v) is 9.84. The fraction of sp³-hybridized carbons (Fsp3) is 0.538. The molecule has 0 unspecified atom stereocenters. The third kappa shape index (κ3) is 3.27. The summed E-state index contributed by atoms with van der Waals surface area (Å²) in [5.41, 5.74) is 0.815. The lowest BCUT2D eigenvalue weighted by molar-refractivity contribution is -0.530. The van der Waals surface area contributed by atoms with Crippen molar-refractivity contribution in [2.75, 3.05) is 6.54 Å². The summed E-state index contributed by atoms with van der Waals surface area (Å²) in [6, 6.07) is 9.21. The average Bonchev–Trinajstić information content (AvgIpc) is 2.83. The number of rotatable bonds is 5. The van der Waals surface area contributed by atoms with Gasteiger partial charge in [-0.25, -0.2) is 0 Å². The van der Waals surface area contributed by atoms with Crippen molar-refractivity contribution in [3.63, 3.8) is 0 Å². The van der Waals surface area contributed by atoms with Crippen molar-refractivity contribution in [3.8, 4) is 0 Å². The molecule has 0 aliphatic carbocycles. The number of benzene rings is 1. The van der Waals surface area contributed by atoms with E-state index < -0.39 is 6.04 Å². The molecule has 1 aliphatic rings. The van der Waals surface area contributed by atoms with Crippen LogP contribution >= 0.6 is 0 Å². The van der Waals surface area contributed by atoms with Crippen molar-refractivity contribution < 1.29 is 4.92 Å². The van der Waals surface area contributed by atoms with E-state index in [1.807, 2.05) is 30.3 Å². The first-order chi connectivity index (χ1) is 8.27. The minimum absolute atomic E-state index is 0.162. The first kappa shape index (κ1) is 12.0. The fourth-order valence-electron chi connectivity index (χ4n) is 2.43. The van der Waals surface area contributed by atoms with Gasteiger partial charge in [-0.2, -0.15) is 0 Å². The average molecular weight is 234 g/mol. The quantitative estimate of drug-likeness (QED) is 0.629. The van der Waals surface area contributed by atoms with Crippen LogP contribution in [0.3, 0.4) is 0 Å².